The fraction of sp³-hybridized carbons (Fsp3) is 0.323. The van der Waals surface area contributed by atoms with Gasteiger partial charge in [-0.15, -0.1) is 0 Å². The van der Waals surface area contributed by atoms with Gasteiger partial charge in [-0.3, -0.25) is 14.5 Å². The molecule has 1 amide bonds. The number of hydrogen-bond donors (Lipinski definition) is 1. The van der Waals surface area contributed by atoms with Crippen molar-refractivity contribution in [2.75, 3.05) is 43.9 Å². The lowest BCUT2D eigenvalue weighted by Crippen LogP contribution is -2.28. The fourth-order valence-electron chi connectivity index (χ4n) is 5.64. The summed E-state index contributed by atoms with van der Waals surface area (Å²) in [6.07, 6.45) is 0.703. The Kier molecular flexibility index (Phi) is 7.28. The molecule has 1 N–H and O–H groups in total. The van der Waals surface area contributed by atoms with Gasteiger partial charge in [0.2, 0.25) is 11.8 Å². The van der Waals surface area contributed by atoms with Gasteiger partial charge in [0.05, 0.1) is 39.9 Å². The van der Waals surface area contributed by atoms with Crippen LogP contribution in [0.4, 0.5) is 24.5 Å². The van der Waals surface area contributed by atoms with E-state index in [1.54, 1.807) is 30.4 Å². The number of nitrogens with zero attached hydrogens (tertiary/aromatic N) is 4. The third kappa shape index (κ3) is 5.34. The van der Waals surface area contributed by atoms with E-state index < -0.39 is 32.1 Å². The van der Waals surface area contributed by atoms with Crippen molar-refractivity contribution in [2.45, 2.75) is 35.7 Å². The van der Waals surface area contributed by atoms with Gasteiger partial charge in [-0.25, -0.2) is 13.4 Å². The monoisotopic (exact) mass is 625 g/mol. The molecule has 0 unspecified atom stereocenters. The Morgan fingerprint density at radius 2 is 1.82 bits per heavy atom. The first kappa shape index (κ1) is 29.8. The smallest absolute Gasteiger partial charge is 0.416 e. The average Bonchev–Trinajstić information content (AvgIpc) is 3.75. The lowest BCUT2D eigenvalue weighted by atomic mass is 9.92. The van der Waals surface area contributed by atoms with Crippen molar-refractivity contribution < 1.29 is 31.1 Å². The Morgan fingerprint density at radius 3 is 2.52 bits per heavy atom. The van der Waals surface area contributed by atoms with Crippen molar-refractivity contribution in [2.24, 2.45) is 0 Å². The Bertz CT molecular complexity index is 1890. The number of rotatable bonds is 9. The first-order chi connectivity index (χ1) is 20.8. The molecular weight excluding hydrogens is 595 g/mol. The zero-order chi connectivity index (χ0) is 31.4. The van der Waals surface area contributed by atoms with E-state index in [1.807, 2.05) is 37.2 Å². The summed E-state index contributed by atoms with van der Waals surface area (Å²) >= 11 is 0. The number of aromatic nitrogens is 2. The summed E-state index contributed by atoms with van der Waals surface area (Å²) in [5.74, 6) is 0.0477. The summed E-state index contributed by atoms with van der Waals surface area (Å²) in [5.41, 5.74) is 2.02. The second kappa shape index (κ2) is 10.7. The van der Waals surface area contributed by atoms with Crippen molar-refractivity contribution in [1.29, 1.82) is 0 Å². The molecule has 2 aromatic carbocycles. The number of likely N-dealkylation sites (N-methyl/N-ethyl adjacent to an activating group) is 1. The number of sulfonamides is 1. The molecule has 1 aliphatic carbocycles. The number of hydrogen-bond acceptors (Lipinski definition) is 7. The molecule has 3 heterocycles. The summed E-state index contributed by atoms with van der Waals surface area (Å²) in [4.78, 5) is 25.1. The minimum absolute atomic E-state index is 0.00411. The highest BCUT2D eigenvalue weighted by Crippen LogP contribution is 2.58. The first-order valence-electron chi connectivity index (χ1n) is 14.0. The highest BCUT2D eigenvalue weighted by Gasteiger charge is 2.59. The summed E-state index contributed by atoms with van der Waals surface area (Å²) in [6.45, 7) is 0.957. The Hall–Kier alpha value is -4.23. The molecule has 2 aromatic heterocycles. The van der Waals surface area contributed by atoms with E-state index in [2.05, 4.69) is 14.7 Å². The summed E-state index contributed by atoms with van der Waals surface area (Å²) in [6, 6.07) is 10.6. The number of carbonyl (C=O) groups is 1. The van der Waals surface area contributed by atoms with Crippen molar-refractivity contribution in [3.05, 3.63) is 72.1 Å². The summed E-state index contributed by atoms with van der Waals surface area (Å²) < 4.78 is 74.9. The molecule has 6 rings (SSSR count). The van der Waals surface area contributed by atoms with E-state index in [4.69, 9.17) is 4.74 Å². The minimum atomic E-state index is -4.71. The van der Waals surface area contributed by atoms with Crippen LogP contribution in [0.2, 0.25) is 0 Å². The third-order valence-corrected chi connectivity index (χ3v) is 9.40. The van der Waals surface area contributed by atoms with Crippen molar-refractivity contribution in [3.8, 4) is 17.0 Å². The lowest BCUT2D eigenvalue weighted by molar-refractivity contribution is -0.137. The lowest BCUT2D eigenvalue weighted by Gasteiger charge is -2.16. The van der Waals surface area contributed by atoms with E-state index in [1.165, 1.54) is 0 Å². The molecule has 0 atom stereocenters. The molecule has 13 heteroatoms. The van der Waals surface area contributed by atoms with Crippen LogP contribution >= 0.6 is 0 Å². The first-order valence-corrected chi connectivity index (χ1v) is 15.5. The largest absolute Gasteiger partial charge is 0.476 e. The van der Waals surface area contributed by atoms with Crippen LogP contribution in [-0.4, -0.2) is 63.5 Å². The van der Waals surface area contributed by atoms with Crippen LogP contribution in [0.1, 0.15) is 30.4 Å². The second-order valence-corrected chi connectivity index (χ2v) is 13.1. The zero-order valence-corrected chi connectivity index (χ0v) is 25.1. The van der Waals surface area contributed by atoms with Crippen molar-refractivity contribution in [3.63, 3.8) is 0 Å². The van der Waals surface area contributed by atoms with Gasteiger partial charge in [0.25, 0.3) is 10.0 Å². The number of anilines is 2. The molecule has 230 valence electrons. The van der Waals surface area contributed by atoms with E-state index in [-0.39, 0.29) is 24.1 Å². The van der Waals surface area contributed by atoms with Gasteiger partial charge in [-0.1, -0.05) is 12.1 Å². The third-order valence-electron chi connectivity index (χ3n) is 8.04. The highest BCUT2D eigenvalue weighted by molar-refractivity contribution is 7.92. The van der Waals surface area contributed by atoms with E-state index in [0.29, 0.717) is 23.6 Å². The van der Waals surface area contributed by atoms with Gasteiger partial charge in [-0.2, -0.15) is 13.2 Å². The maximum atomic E-state index is 13.3. The molecule has 1 spiro atoms. The highest BCUT2D eigenvalue weighted by atomic mass is 32.2. The summed E-state index contributed by atoms with van der Waals surface area (Å²) in [5, 5.41) is 0.824. The van der Waals surface area contributed by atoms with Crippen LogP contribution in [0.25, 0.3) is 22.0 Å². The number of amides is 1. The van der Waals surface area contributed by atoms with Crippen molar-refractivity contribution >= 4 is 38.2 Å². The molecule has 4 aromatic rings. The molecule has 44 heavy (non-hydrogen) atoms. The number of ether oxygens (including phenoxy) is 1. The molecule has 1 saturated carbocycles. The normalized spacial score (nSPS) is 15.7. The predicted octanol–water partition coefficient (Wildman–Crippen LogP) is 5.45. The number of halogens is 3. The fourth-order valence-corrected chi connectivity index (χ4v) is 6.73. The van der Waals surface area contributed by atoms with Gasteiger partial charge in [0.15, 0.2) is 0 Å². The minimum Gasteiger partial charge on any atom is -0.476 e. The van der Waals surface area contributed by atoms with Gasteiger partial charge in [0.1, 0.15) is 5.69 Å². The molecule has 0 saturated heterocycles. The van der Waals surface area contributed by atoms with E-state index in [9.17, 15) is 26.4 Å². The van der Waals surface area contributed by atoms with E-state index in [0.717, 1.165) is 59.7 Å². The van der Waals surface area contributed by atoms with Crippen LogP contribution in [0.3, 0.4) is 0 Å². The summed E-state index contributed by atoms with van der Waals surface area (Å²) in [7, 11) is 1.11. The van der Waals surface area contributed by atoms with E-state index >= 15 is 0 Å². The maximum absolute atomic E-state index is 13.3. The second-order valence-electron chi connectivity index (χ2n) is 11.4. The quantitative estimate of drug-likeness (QED) is 0.247. The topological polar surface area (TPSA) is 105 Å². The van der Waals surface area contributed by atoms with Gasteiger partial charge >= 0.3 is 6.18 Å². The zero-order valence-electron chi connectivity index (χ0n) is 24.3. The number of alkyl halides is 3. The number of carbonyl (C=O) groups excluding carboxylic acids is 1. The predicted molar refractivity (Wildman–Crippen MR) is 160 cm³/mol. The SMILES string of the molecule is CN(C)CCCOc1ncc(-c2ccc3ncc4c(c3c2)C2(CC2)C(=O)N4C)cc1NS(=O)(=O)c1cccc(C(F)(F)F)c1. The van der Waals surface area contributed by atoms with Crippen LogP contribution in [0, 0.1) is 0 Å². The van der Waals surface area contributed by atoms with Crippen LogP contribution in [0.15, 0.2) is 65.8 Å². The van der Waals surface area contributed by atoms with Crippen LogP contribution in [0.5, 0.6) is 5.88 Å². The van der Waals surface area contributed by atoms with Crippen LogP contribution < -0.4 is 14.4 Å². The number of fused-ring (bicyclic) bond motifs is 4. The molecule has 2 aliphatic rings. The average molecular weight is 626 g/mol. The standard InChI is InChI=1S/C31H30F3N5O4S/c1-38(2)12-5-13-43-28-25(37-44(41,42)22-7-4-6-21(16-22)31(32,33)34)15-20(17-36-28)19-8-9-24-23(14-19)27-26(18-35-24)39(3)29(40)30(27)10-11-30/h4,6-9,14-18,37H,5,10-13H2,1-3H3. The number of nitrogens with one attached hydrogen (secondary N) is 1. The molecule has 9 nitrogen and oxygen atoms in total. The molecule has 1 aliphatic heterocycles. The molecular formula is C31H30F3N5O4S. The number of benzene rings is 2. The Labute approximate surface area is 252 Å². The van der Waals surface area contributed by atoms with Crippen molar-refractivity contribution in [1.82, 2.24) is 14.9 Å². The Balaban J connectivity index is 1.40. The molecule has 0 radical (unpaired) electrons. The van der Waals surface area contributed by atoms with Crippen LogP contribution in [-0.2, 0) is 26.4 Å². The molecule has 0 bridgehead atoms. The van der Waals surface area contributed by atoms with Gasteiger partial charge < -0.3 is 14.5 Å². The maximum Gasteiger partial charge on any atom is 0.416 e. The van der Waals surface area contributed by atoms with Gasteiger partial charge in [0, 0.05) is 36.3 Å². The number of pyridine rings is 2. The Morgan fingerprint density at radius 1 is 1.05 bits per heavy atom. The molecule has 1 fully saturated rings. The van der Waals surface area contributed by atoms with Gasteiger partial charge in [-0.05, 0) is 75.3 Å².